The normalized spacial score (nSPS) is 11.3. The van der Waals surface area contributed by atoms with Crippen LogP contribution in [-0.4, -0.2) is 27.8 Å². The van der Waals surface area contributed by atoms with Crippen molar-refractivity contribution in [2.24, 2.45) is 4.99 Å². The molecule has 0 aliphatic heterocycles. The highest BCUT2D eigenvalue weighted by Gasteiger charge is 2.08. The number of phenolic OH excluding ortho intramolecular Hbond substituents is 1. The average molecular weight is 327 g/mol. The zero-order valence-electron chi connectivity index (χ0n) is 12.0. The first-order chi connectivity index (χ1) is 11.1. The molecule has 0 atom stereocenters. The van der Waals surface area contributed by atoms with Crippen LogP contribution in [0.25, 0.3) is 10.2 Å². The van der Waals surface area contributed by atoms with Gasteiger partial charge in [-0.25, -0.2) is 4.98 Å². The van der Waals surface area contributed by atoms with Gasteiger partial charge in [-0.05, 0) is 18.2 Å². The zero-order chi connectivity index (χ0) is 16.2. The molecule has 6 nitrogen and oxygen atoms in total. The second kappa shape index (κ2) is 6.53. The first-order valence-corrected chi connectivity index (χ1v) is 7.77. The highest BCUT2D eigenvalue weighted by Crippen LogP contribution is 2.23. The van der Waals surface area contributed by atoms with Crippen LogP contribution in [0.5, 0.6) is 5.75 Å². The first-order valence-electron chi connectivity index (χ1n) is 6.95. The number of hydrogen-bond donors (Lipinski definition) is 1. The predicted molar refractivity (Wildman–Crippen MR) is 90.5 cm³/mol. The standard InChI is InChI=1S/C16H13N3O3S/c20-14-6-5-12(19(21)22)9-11(14)10-17-8-7-16-18-13-3-1-2-4-15(13)23-16/h1-6,9-10,20H,7-8H2. The van der Waals surface area contributed by atoms with Crippen molar-refractivity contribution in [1.29, 1.82) is 0 Å². The minimum atomic E-state index is -0.502. The van der Waals surface area contributed by atoms with E-state index in [2.05, 4.69) is 9.98 Å². The smallest absolute Gasteiger partial charge is 0.270 e. The fourth-order valence-corrected chi connectivity index (χ4v) is 3.06. The molecule has 0 fully saturated rings. The molecule has 23 heavy (non-hydrogen) atoms. The molecule has 3 rings (SSSR count). The molecule has 0 saturated carbocycles. The number of nitro benzene ring substituents is 1. The molecule has 0 aliphatic rings. The maximum absolute atomic E-state index is 10.7. The van der Waals surface area contributed by atoms with E-state index in [1.807, 2.05) is 24.3 Å². The quantitative estimate of drug-likeness (QED) is 0.441. The number of non-ortho nitro benzene ring substituents is 1. The van der Waals surface area contributed by atoms with Gasteiger partial charge in [0.1, 0.15) is 5.75 Å². The Bertz CT molecular complexity index is 856. The number of aromatic nitrogens is 1. The van der Waals surface area contributed by atoms with Gasteiger partial charge < -0.3 is 5.11 Å². The SMILES string of the molecule is O=[N+]([O-])c1ccc(O)c(C=NCCc2nc3ccccc3s2)c1. The summed E-state index contributed by atoms with van der Waals surface area (Å²) in [4.78, 5) is 19.0. The number of hydrogen-bond acceptors (Lipinski definition) is 6. The van der Waals surface area contributed by atoms with Crippen LogP contribution in [0, 0.1) is 10.1 Å². The molecule has 1 N–H and O–H groups in total. The van der Waals surface area contributed by atoms with Gasteiger partial charge in [-0.15, -0.1) is 11.3 Å². The number of benzene rings is 2. The molecule has 0 aliphatic carbocycles. The lowest BCUT2D eigenvalue weighted by atomic mass is 10.2. The summed E-state index contributed by atoms with van der Waals surface area (Å²) in [7, 11) is 0. The minimum absolute atomic E-state index is 0.0284. The average Bonchev–Trinajstić information content (AvgIpc) is 2.95. The number of rotatable bonds is 5. The van der Waals surface area contributed by atoms with E-state index in [0.717, 1.165) is 15.2 Å². The Morgan fingerprint density at radius 2 is 2.13 bits per heavy atom. The van der Waals surface area contributed by atoms with E-state index in [-0.39, 0.29) is 11.4 Å². The van der Waals surface area contributed by atoms with Gasteiger partial charge in [0, 0.05) is 36.9 Å². The van der Waals surface area contributed by atoms with E-state index < -0.39 is 4.92 Å². The molecule has 0 spiro atoms. The largest absolute Gasteiger partial charge is 0.507 e. The van der Waals surface area contributed by atoms with Crippen LogP contribution >= 0.6 is 11.3 Å². The molecular formula is C16H13N3O3S. The third-order valence-electron chi connectivity index (χ3n) is 3.25. The van der Waals surface area contributed by atoms with Gasteiger partial charge in [-0.3, -0.25) is 15.1 Å². The van der Waals surface area contributed by atoms with Crippen LogP contribution in [0.15, 0.2) is 47.5 Å². The molecule has 0 radical (unpaired) electrons. The van der Waals surface area contributed by atoms with Crippen molar-refractivity contribution in [3.8, 4) is 5.75 Å². The van der Waals surface area contributed by atoms with Crippen molar-refractivity contribution in [2.75, 3.05) is 6.54 Å². The topological polar surface area (TPSA) is 88.6 Å². The summed E-state index contributed by atoms with van der Waals surface area (Å²) in [6.45, 7) is 0.502. The van der Waals surface area contributed by atoms with Crippen LogP contribution in [-0.2, 0) is 6.42 Å². The number of phenols is 1. The minimum Gasteiger partial charge on any atom is -0.507 e. The van der Waals surface area contributed by atoms with Crippen molar-refractivity contribution in [1.82, 2.24) is 4.98 Å². The molecule has 0 amide bonds. The van der Waals surface area contributed by atoms with E-state index in [9.17, 15) is 15.2 Å². The molecule has 1 heterocycles. The Balaban J connectivity index is 1.67. The van der Waals surface area contributed by atoms with Crippen LogP contribution in [0.2, 0.25) is 0 Å². The summed E-state index contributed by atoms with van der Waals surface area (Å²) in [5.41, 5.74) is 1.24. The third-order valence-corrected chi connectivity index (χ3v) is 4.34. The van der Waals surface area contributed by atoms with E-state index >= 15 is 0 Å². The van der Waals surface area contributed by atoms with Crippen LogP contribution in [0.4, 0.5) is 5.69 Å². The summed E-state index contributed by atoms with van der Waals surface area (Å²) in [5, 5.41) is 21.4. The number of fused-ring (bicyclic) bond motifs is 1. The van der Waals surface area contributed by atoms with E-state index in [0.29, 0.717) is 18.5 Å². The maximum Gasteiger partial charge on any atom is 0.270 e. The van der Waals surface area contributed by atoms with Gasteiger partial charge in [-0.2, -0.15) is 0 Å². The van der Waals surface area contributed by atoms with Crippen LogP contribution in [0.3, 0.4) is 0 Å². The van der Waals surface area contributed by atoms with Gasteiger partial charge in [0.2, 0.25) is 0 Å². The van der Waals surface area contributed by atoms with E-state index in [1.54, 1.807) is 11.3 Å². The molecular weight excluding hydrogens is 314 g/mol. The van der Waals surface area contributed by atoms with Gasteiger partial charge in [0.15, 0.2) is 0 Å². The summed E-state index contributed by atoms with van der Waals surface area (Å²) >= 11 is 1.63. The summed E-state index contributed by atoms with van der Waals surface area (Å²) in [6.07, 6.45) is 2.14. The number of aliphatic imine (C=N–C) groups is 1. The molecule has 7 heteroatoms. The van der Waals surface area contributed by atoms with E-state index in [1.165, 1.54) is 24.4 Å². The predicted octanol–water partition coefficient (Wildman–Crippen LogP) is 3.57. The van der Waals surface area contributed by atoms with Gasteiger partial charge in [-0.1, -0.05) is 12.1 Å². The van der Waals surface area contributed by atoms with Gasteiger partial charge in [0.25, 0.3) is 5.69 Å². The van der Waals surface area contributed by atoms with Gasteiger partial charge in [0.05, 0.1) is 20.1 Å². The van der Waals surface area contributed by atoms with Crippen molar-refractivity contribution in [2.45, 2.75) is 6.42 Å². The fourth-order valence-electron chi connectivity index (χ4n) is 2.11. The Morgan fingerprint density at radius 3 is 2.91 bits per heavy atom. The number of nitro groups is 1. The Labute approximate surface area is 135 Å². The molecule has 3 aromatic rings. The Kier molecular flexibility index (Phi) is 4.29. The molecule has 116 valence electrons. The van der Waals surface area contributed by atoms with E-state index in [4.69, 9.17) is 0 Å². The van der Waals surface area contributed by atoms with Crippen molar-refractivity contribution < 1.29 is 10.0 Å². The highest BCUT2D eigenvalue weighted by atomic mass is 32.1. The summed E-state index contributed by atoms with van der Waals surface area (Å²) in [6, 6.07) is 11.8. The lowest BCUT2D eigenvalue weighted by molar-refractivity contribution is -0.384. The fraction of sp³-hybridized carbons (Fsp3) is 0.125. The van der Waals surface area contributed by atoms with Crippen LogP contribution in [0.1, 0.15) is 10.6 Å². The lowest BCUT2D eigenvalue weighted by Gasteiger charge is -1.98. The molecule has 0 unspecified atom stereocenters. The monoisotopic (exact) mass is 327 g/mol. The molecule has 0 saturated heterocycles. The second-order valence-electron chi connectivity index (χ2n) is 4.86. The third kappa shape index (κ3) is 3.51. The molecule has 2 aromatic carbocycles. The number of aromatic hydroxyl groups is 1. The molecule has 0 bridgehead atoms. The van der Waals surface area contributed by atoms with Crippen LogP contribution < -0.4 is 0 Å². The number of para-hydroxylation sites is 1. The van der Waals surface area contributed by atoms with Crippen molar-refractivity contribution in [3.05, 3.63) is 63.1 Å². The zero-order valence-corrected chi connectivity index (χ0v) is 12.9. The van der Waals surface area contributed by atoms with Gasteiger partial charge >= 0.3 is 0 Å². The Hall–Kier alpha value is -2.80. The Morgan fingerprint density at radius 1 is 1.30 bits per heavy atom. The summed E-state index contributed by atoms with van der Waals surface area (Å²) < 4.78 is 1.14. The van der Waals surface area contributed by atoms with Crippen molar-refractivity contribution in [3.63, 3.8) is 0 Å². The number of nitrogens with zero attached hydrogens (tertiary/aromatic N) is 3. The highest BCUT2D eigenvalue weighted by molar-refractivity contribution is 7.18. The molecule has 1 aromatic heterocycles. The lowest BCUT2D eigenvalue weighted by Crippen LogP contribution is -1.92. The second-order valence-corrected chi connectivity index (χ2v) is 5.98. The summed E-state index contributed by atoms with van der Waals surface area (Å²) in [5.74, 6) is -0.0284. The first kappa shape index (κ1) is 15.1. The van der Waals surface area contributed by atoms with Crippen molar-refractivity contribution >= 4 is 33.5 Å². The number of thiazole rings is 1. The maximum atomic E-state index is 10.7.